The molecule has 0 bridgehead atoms. The van der Waals surface area contributed by atoms with Gasteiger partial charge in [0, 0.05) is 18.0 Å². The molecular weight excluding hydrogens is 260 g/mol. The Balaban J connectivity index is 2.26. The molecule has 2 aromatic heterocycles. The van der Waals surface area contributed by atoms with Crippen molar-refractivity contribution in [2.24, 2.45) is 0 Å². The number of hydrogen-bond donors (Lipinski definition) is 2. The molecule has 1 aromatic carbocycles. The minimum Gasteiger partial charge on any atom is -0.478 e. The summed E-state index contributed by atoms with van der Waals surface area (Å²) < 4.78 is 5.46. The molecule has 2 heterocycles. The summed E-state index contributed by atoms with van der Waals surface area (Å²) >= 11 is 0. The molecule has 0 atom stereocenters. The molecule has 0 spiro atoms. The first kappa shape index (κ1) is 12.2. The Hall–Kier alpha value is -2.89. The van der Waals surface area contributed by atoms with Crippen LogP contribution in [0.1, 0.15) is 16.1 Å². The van der Waals surface area contributed by atoms with Gasteiger partial charge in [0.1, 0.15) is 16.6 Å². The number of pyridine rings is 1. The molecule has 0 saturated heterocycles. The summed E-state index contributed by atoms with van der Waals surface area (Å²) in [7, 11) is 0. The van der Waals surface area contributed by atoms with E-state index < -0.39 is 5.97 Å². The highest BCUT2D eigenvalue weighted by Crippen LogP contribution is 2.24. The summed E-state index contributed by atoms with van der Waals surface area (Å²) in [5.74, 6) is -0.994. The third-order valence-corrected chi connectivity index (χ3v) is 2.93. The first-order valence-electron chi connectivity index (χ1n) is 5.89. The predicted molar refractivity (Wildman–Crippen MR) is 71.8 cm³/mol. The number of carboxylic acid groups (broad SMARTS) is 1. The Morgan fingerprint density at radius 3 is 2.90 bits per heavy atom. The van der Waals surface area contributed by atoms with E-state index in [1.54, 1.807) is 19.1 Å². The maximum atomic E-state index is 11.9. The third-order valence-electron chi connectivity index (χ3n) is 2.93. The van der Waals surface area contributed by atoms with Gasteiger partial charge in [-0.25, -0.2) is 9.78 Å². The number of fused-ring (bicyclic) bond motifs is 1. The quantitative estimate of drug-likeness (QED) is 0.744. The second-order valence-corrected chi connectivity index (χ2v) is 4.37. The maximum absolute atomic E-state index is 11.9. The van der Waals surface area contributed by atoms with Crippen LogP contribution in [0.15, 0.2) is 39.7 Å². The van der Waals surface area contributed by atoms with E-state index in [0.29, 0.717) is 5.52 Å². The number of carbonyl (C=O) groups is 1. The molecule has 0 fully saturated rings. The van der Waals surface area contributed by atoms with E-state index in [4.69, 9.17) is 9.52 Å². The van der Waals surface area contributed by atoms with Crippen molar-refractivity contribution in [1.29, 1.82) is 0 Å². The van der Waals surface area contributed by atoms with E-state index in [0.717, 1.165) is 5.69 Å². The molecule has 2 N–H and O–H groups in total. The van der Waals surface area contributed by atoms with Gasteiger partial charge in [-0.05, 0) is 19.1 Å². The SMILES string of the molecule is Cc1cc(=O)c(-c2nc3cccc(C(=O)O)c3o2)c[nH]1. The number of hydrogen-bond acceptors (Lipinski definition) is 4. The van der Waals surface area contributed by atoms with Crippen molar-refractivity contribution >= 4 is 17.1 Å². The summed E-state index contributed by atoms with van der Waals surface area (Å²) in [6.07, 6.45) is 1.50. The van der Waals surface area contributed by atoms with Gasteiger partial charge in [0.25, 0.3) is 0 Å². The van der Waals surface area contributed by atoms with Crippen molar-refractivity contribution in [1.82, 2.24) is 9.97 Å². The highest BCUT2D eigenvalue weighted by atomic mass is 16.4. The van der Waals surface area contributed by atoms with E-state index in [2.05, 4.69) is 9.97 Å². The number of aromatic amines is 1. The number of H-pyrrole nitrogens is 1. The molecule has 6 heteroatoms. The van der Waals surface area contributed by atoms with Crippen molar-refractivity contribution < 1.29 is 14.3 Å². The molecule has 0 aliphatic carbocycles. The average molecular weight is 270 g/mol. The van der Waals surface area contributed by atoms with Gasteiger partial charge in [0.05, 0.1) is 0 Å². The minimum absolute atomic E-state index is 0.0183. The Morgan fingerprint density at radius 2 is 2.20 bits per heavy atom. The number of rotatable bonds is 2. The summed E-state index contributed by atoms with van der Waals surface area (Å²) in [5, 5.41) is 9.10. The molecule has 0 amide bonds. The molecule has 3 aromatic rings. The molecule has 0 aliphatic rings. The van der Waals surface area contributed by atoms with E-state index in [1.165, 1.54) is 18.3 Å². The number of oxazole rings is 1. The minimum atomic E-state index is -1.10. The lowest BCUT2D eigenvalue weighted by atomic mass is 10.2. The monoisotopic (exact) mass is 270 g/mol. The Morgan fingerprint density at radius 1 is 1.40 bits per heavy atom. The van der Waals surface area contributed by atoms with Gasteiger partial charge in [-0.1, -0.05) is 6.07 Å². The van der Waals surface area contributed by atoms with Crippen molar-refractivity contribution in [2.75, 3.05) is 0 Å². The molecule has 0 aliphatic heterocycles. The van der Waals surface area contributed by atoms with E-state index in [-0.39, 0.29) is 28.0 Å². The van der Waals surface area contributed by atoms with E-state index in [9.17, 15) is 9.59 Å². The van der Waals surface area contributed by atoms with Crippen LogP contribution < -0.4 is 5.43 Å². The molecular formula is C14H10N2O4. The van der Waals surface area contributed by atoms with Gasteiger partial charge < -0.3 is 14.5 Å². The lowest BCUT2D eigenvalue weighted by Crippen LogP contribution is -2.05. The van der Waals surface area contributed by atoms with Crippen LogP contribution in [-0.4, -0.2) is 21.0 Å². The topological polar surface area (TPSA) is 96.2 Å². The van der Waals surface area contributed by atoms with Crippen LogP contribution in [0.5, 0.6) is 0 Å². The molecule has 0 saturated carbocycles. The third kappa shape index (κ3) is 1.87. The number of nitrogens with zero attached hydrogens (tertiary/aromatic N) is 1. The number of benzene rings is 1. The number of para-hydroxylation sites is 1. The highest BCUT2D eigenvalue weighted by molar-refractivity contribution is 6.00. The second-order valence-electron chi connectivity index (χ2n) is 4.37. The molecule has 0 unspecified atom stereocenters. The van der Waals surface area contributed by atoms with Crippen LogP contribution in [0, 0.1) is 6.92 Å². The Labute approximate surface area is 112 Å². The van der Waals surface area contributed by atoms with Crippen LogP contribution in [-0.2, 0) is 0 Å². The smallest absolute Gasteiger partial charge is 0.339 e. The number of aryl methyl sites for hydroxylation is 1. The number of aromatic nitrogens is 2. The van der Waals surface area contributed by atoms with Gasteiger partial charge in [-0.15, -0.1) is 0 Å². The van der Waals surface area contributed by atoms with Crippen LogP contribution in [0.4, 0.5) is 0 Å². The first-order valence-corrected chi connectivity index (χ1v) is 5.89. The highest BCUT2D eigenvalue weighted by Gasteiger charge is 2.16. The summed E-state index contributed by atoms with van der Waals surface area (Å²) in [5.41, 5.74) is 1.34. The molecule has 6 nitrogen and oxygen atoms in total. The lowest BCUT2D eigenvalue weighted by molar-refractivity contribution is 0.0698. The van der Waals surface area contributed by atoms with Gasteiger partial charge >= 0.3 is 5.97 Å². The first-order chi connectivity index (χ1) is 9.56. The zero-order chi connectivity index (χ0) is 14.3. The van der Waals surface area contributed by atoms with Crippen LogP contribution >= 0.6 is 0 Å². The largest absolute Gasteiger partial charge is 0.478 e. The van der Waals surface area contributed by atoms with Gasteiger partial charge in [0.2, 0.25) is 5.89 Å². The summed E-state index contributed by atoms with van der Waals surface area (Å²) in [6.45, 7) is 1.76. The zero-order valence-electron chi connectivity index (χ0n) is 10.5. The zero-order valence-corrected chi connectivity index (χ0v) is 10.5. The average Bonchev–Trinajstić information content (AvgIpc) is 2.81. The normalized spacial score (nSPS) is 10.8. The molecule has 3 rings (SSSR count). The fraction of sp³-hybridized carbons (Fsp3) is 0.0714. The van der Waals surface area contributed by atoms with Gasteiger partial charge in [-0.2, -0.15) is 0 Å². The van der Waals surface area contributed by atoms with Crippen LogP contribution in [0.25, 0.3) is 22.6 Å². The summed E-state index contributed by atoms with van der Waals surface area (Å²) in [6, 6.07) is 6.08. The van der Waals surface area contributed by atoms with Gasteiger partial charge in [0.15, 0.2) is 11.0 Å². The predicted octanol–water partition coefficient (Wildman–Crippen LogP) is 2.19. The number of carboxylic acids is 1. The van der Waals surface area contributed by atoms with E-state index >= 15 is 0 Å². The van der Waals surface area contributed by atoms with Crippen LogP contribution in [0.2, 0.25) is 0 Å². The van der Waals surface area contributed by atoms with E-state index in [1.807, 2.05) is 0 Å². The van der Waals surface area contributed by atoms with Crippen molar-refractivity contribution in [3.8, 4) is 11.5 Å². The van der Waals surface area contributed by atoms with Crippen molar-refractivity contribution in [3.05, 3.63) is 51.9 Å². The van der Waals surface area contributed by atoms with Crippen LogP contribution in [0.3, 0.4) is 0 Å². The standard InChI is InChI=1S/C14H10N2O4/c1-7-5-11(17)9(6-15-7)13-16-10-4-2-3-8(14(18)19)12(10)20-13/h2-6H,1H3,(H,15,17)(H,18,19). The lowest BCUT2D eigenvalue weighted by Gasteiger charge is -1.96. The fourth-order valence-electron chi connectivity index (χ4n) is 1.97. The fourth-order valence-corrected chi connectivity index (χ4v) is 1.97. The second kappa shape index (κ2) is 4.34. The maximum Gasteiger partial charge on any atom is 0.339 e. The molecule has 100 valence electrons. The summed E-state index contributed by atoms with van der Waals surface area (Å²) in [4.78, 5) is 30.1. The number of aromatic carboxylic acids is 1. The Kier molecular flexibility index (Phi) is 2.64. The molecule has 0 radical (unpaired) electrons. The van der Waals surface area contributed by atoms with Gasteiger partial charge in [-0.3, -0.25) is 4.79 Å². The van der Waals surface area contributed by atoms with Crippen molar-refractivity contribution in [3.63, 3.8) is 0 Å². The van der Waals surface area contributed by atoms with Crippen molar-refractivity contribution in [2.45, 2.75) is 6.92 Å². The number of nitrogens with one attached hydrogen (secondary N) is 1. The molecule has 20 heavy (non-hydrogen) atoms. The Bertz CT molecular complexity index is 876.